The van der Waals surface area contributed by atoms with E-state index in [0.717, 1.165) is 0 Å². The fourth-order valence-corrected chi connectivity index (χ4v) is 2.97. The first-order chi connectivity index (χ1) is 10.6. The fraction of sp³-hybridized carbons (Fsp3) is 0. The van der Waals surface area contributed by atoms with E-state index >= 15 is 0 Å². The molecule has 0 atom stereocenters. The minimum atomic E-state index is -0.455. The molecule has 1 aliphatic rings. The van der Waals surface area contributed by atoms with E-state index < -0.39 is 11.6 Å². The molecule has 0 aliphatic heterocycles. The van der Waals surface area contributed by atoms with Gasteiger partial charge in [-0.3, -0.25) is 9.59 Å². The molecule has 106 valence electrons. The van der Waals surface area contributed by atoms with Crippen molar-refractivity contribution in [2.45, 2.75) is 0 Å². The lowest BCUT2D eigenvalue weighted by molar-refractivity contribution is 0.0974. The maximum Gasteiger partial charge on any atom is 0.198 e. The van der Waals surface area contributed by atoms with E-state index in [0.29, 0.717) is 10.8 Å². The average molecular weight is 290 g/mol. The van der Waals surface area contributed by atoms with E-state index in [2.05, 4.69) is 0 Å². The van der Waals surface area contributed by atoms with Crippen LogP contribution in [0.3, 0.4) is 0 Å². The van der Waals surface area contributed by atoms with Gasteiger partial charge in [-0.1, -0.05) is 36.4 Å². The molecule has 0 amide bonds. The second-order valence-corrected chi connectivity index (χ2v) is 5.23. The Hall–Kier alpha value is -3.14. The van der Waals surface area contributed by atoms with Crippen LogP contribution in [0.1, 0.15) is 31.8 Å². The van der Waals surface area contributed by atoms with Gasteiger partial charge in [0.1, 0.15) is 11.5 Å². The van der Waals surface area contributed by atoms with Crippen molar-refractivity contribution in [1.29, 1.82) is 0 Å². The van der Waals surface area contributed by atoms with E-state index in [1.54, 1.807) is 30.3 Å². The number of carbonyl (C=O) groups excluding carboxylic acids is 2. The maximum atomic E-state index is 12.6. The first kappa shape index (κ1) is 12.6. The topological polar surface area (TPSA) is 74.6 Å². The molecule has 3 aromatic carbocycles. The number of benzene rings is 3. The SMILES string of the molecule is O=C1c2cc3ccccc3c(O)c2C(=O)c2cccc(O)c21. The molecule has 0 aromatic heterocycles. The highest BCUT2D eigenvalue weighted by Gasteiger charge is 2.34. The first-order valence-electron chi connectivity index (χ1n) is 6.75. The van der Waals surface area contributed by atoms with Gasteiger partial charge in [-0.15, -0.1) is 0 Å². The predicted octanol–water partition coefficient (Wildman–Crippen LogP) is 3.03. The van der Waals surface area contributed by atoms with Crippen LogP contribution >= 0.6 is 0 Å². The van der Waals surface area contributed by atoms with Gasteiger partial charge in [0, 0.05) is 16.5 Å². The number of phenolic OH excluding ortho intramolecular Hbond substituents is 2. The van der Waals surface area contributed by atoms with Crippen molar-refractivity contribution in [3.05, 3.63) is 70.8 Å². The lowest BCUT2D eigenvalue weighted by Gasteiger charge is -2.20. The minimum Gasteiger partial charge on any atom is -0.507 e. The van der Waals surface area contributed by atoms with Crippen molar-refractivity contribution in [1.82, 2.24) is 0 Å². The second kappa shape index (κ2) is 4.18. The molecule has 0 saturated carbocycles. The average Bonchev–Trinajstić information content (AvgIpc) is 2.52. The van der Waals surface area contributed by atoms with Crippen LogP contribution in [0.15, 0.2) is 48.5 Å². The molecule has 0 spiro atoms. The molecule has 0 radical (unpaired) electrons. The number of hydrogen-bond donors (Lipinski definition) is 2. The monoisotopic (exact) mass is 290 g/mol. The normalized spacial score (nSPS) is 13.1. The number of aromatic hydroxyl groups is 2. The van der Waals surface area contributed by atoms with Crippen molar-refractivity contribution in [3.63, 3.8) is 0 Å². The Kier molecular flexibility index (Phi) is 2.39. The predicted molar refractivity (Wildman–Crippen MR) is 80.6 cm³/mol. The van der Waals surface area contributed by atoms with Crippen LogP contribution in [0.5, 0.6) is 11.5 Å². The molecule has 22 heavy (non-hydrogen) atoms. The summed E-state index contributed by atoms with van der Waals surface area (Å²) in [4.78, 5) is 25.3. The number of ketones is 2. The van der Waals surface area contributed by atoms with Crippen molar-refractivity contribution < 1.29 is 19.8 Å². The van der Waals surface area contributed by atoms with E-state index in [-0.39, 0.29) is 33.8 Å². The van der Waals surface area contributed by atoms with Gasteiger partial charge in [-0.25, -0.2) is 0 Å². The van der Waals surface area contributed by atoms with Gasteiger partial charge >= 0.3 is 0 Å². The highest BCUT2D eigenvalue weighted by molar-refractivity contribution is 6.31. The molecule has 0 saturated heterocycles. The molecule has 0 fully saturated rings. The lowest BCUT2D eigenvalue weighted by Crippen LogP contribution is -2.21. The third-order valence-corrected chi connectivity index (χ3v) is 4.01. The zero-order valence-corrected chi connectivity index (χ0v) is 11.3. The summed E-state index contributed by atoms with van der Waals surface area (Å²) in [7, 11) is 0. The number of hydrogen-bond acceptors (Lipinski definition) is 4. The van der Waals surface area contributed by atoms with Crippen molar-refractivity contribution in [2.75, 3.05) is 0 Å². The van der Waals surface area contributed by atoms with Gasteiger partial charge in [0.15, 0.2) is 11.6 Å². The van der Waals surface area contributed by atoms with Crippen LogP contribution in [0.2, 0.25) is 0 Å². The van der Waals surface area contributed by atoms with Crippen LogP contribution in [0.25, 0.3) is 10.8 Å². The van der Waals surface area contributed by atoms with Gasteiger partial charge in [-0.2, -0.15) is 0 Å². The third kappa shape index (κ3) is 1.46. The molecule has 0 heterocycles. The summed E-state index contributed by atoms with van der Waals surface area (Å²) >= 11 is 0. The molecule has 2 N–H and O–H groups in total. The minimum absolute atomic E-state index is 0.00167. The smallest absolute Gasteiger partial charge is 0.198 e. The Bertz CT molecular complexity index is 984. The number of rotatable bonds is 0. The molecular formula is C18H10O4. The highest BCUT2D eigenvalue weighted by atomic mass is 16.3. The van der Waals surface area contributed by atoms with Gasteiger partial charge in [0.25, 0.3) is 0 Å². The molecule has 4 heteroatoms. The van der Waals surface area contributed by atoms with Crippen LogP contribution < -0.4 is 0 Å². The summed E-state index contributed by atoms with van der Waals surface area (Å²) in [5, 5.41) is 21.5. The van der Waals surface area contributed by atoms with E-state index in [1.807, 2.05) is 0 Å². The molecule has 3 aromatic rings. The van der Waals surface area contributed by atoms with Gasteiger partial charge in [0.05, 0.1) is 11.1 Å². The van der Waals surface area contributed by atoms with E-state index in [4.69, 9.17) is 0 Å². The first-order valence-corrected chi connectivity index (χ1v) is 6.75. The van der Waals surface area contributed by atoms with Gasteiger partial charge in [0.2, 0.25) is 0 Å². The summed E-state index contributed by atoms with van der Waals surface area (Å²) in [6.07, 6.45) is 0. The Morgan fingerprint density at radius 3 is 2.27 bits per heavy atom. The quantitative estimate of drug-likeness (QED) is 0.522. The molecular weight excluding hydrogens is 280 g/mol. The van der Waals surface area contributed by atoms with Gasteiger partial charge in [-0.05, 0) is 17.5 Å². The van der Waals surface area contributed by atoms with E-state index in [1.165, 1.54) is 18.2 Å². The third-order valence-electron chi connectivity index (χ3n) is 4.01. The highest BCUT2D eigenvalue weighted by Crippen LogP contribution is 2.39. The van der Waals surface area contributed by atoms with Crippen molar-refractivity contribution >= 4 is 22.3 Å². The zero-order valence-electron chi connectivity index (χ0n) is 11.3. The zero-order chi connectivity index (χ0) is 15.4. The standard InChI is InChI=1S/C18H10O4/c19-13-7-3-6-11-14(13)18(22)12-8-9-4-1-2-5-10(9)16(20)15(12)17(11)21/h1-8,19-20H. The lowest BCUT2D eigenvalue weighted by atomic mass is 9.81. The number of phenols is 2. The van der Waals surface area contributed by atoms with Crippen LogP contribution in [-0.2, 0) is 0 Å². The molecule has 1 aliphatic carbocycles. The summed E-state index contributed by atoms with van der Waals surface area (Å²) in [5.41, 5.74) is 0.231. The largest absolute Gasteiger partial charge is 0.507 e. The van der Waals surface area contributed by atoms with Crippen LogP contribution in [0, 0.1) is 0 Å². The Morgan fingerprint density at radius 2 is 1.45 bits per heavy atom. The van der Waals surface area contributed by atoms with Crippen LogP contribution in [-0.4, -0.2) is 21.8 Å². The summed E-state index contributed by atoms with van der Waals surface area (Å²) < 4.78 is 0. The summed E-state index contributed by atoms with van der Waals surface area (Å²) in [6, 6.07) is 12.9. The maximum absolute atomic E-state index is 12.6. The molecule has 4 nitrogen and oxygen atoms in total. The molecule has 4 rings (SSSR count). The Balaban J connectivity index is 2.14. The fourth-order valence-electron chi connectivity index (χ4n) is 2.97. The van der Waals surface area contributed by atoms with Crippen molar-refractivity contribution in [2.24, 2.45) is 0 Å². The second-order valence-electron chi connectivity index (χ2n) is 5.23. The van der Waals surface area contributed by atoms with E-state index in [9.17, 15) is 19.8 Å². The van der Waals surface area contributed by atoms with Crippen molar-refractivity contribution in [3.8, 4) is 11.5 Å². The number of fused-ring (bicyclic) bond motifs is 3. The Labute approximate surface area is 125 Å². The molecule has 0 unspecified atom stereocenters. The van der Waals surface area contributed by atoms with Gasteiger partial charge < -0.3 is 10.2 Å². The van der Waals surface area contributed by atoms with Crippen LogP contribution in [0.4, 0.5) is 0 Å². The molecule has 0 bridgehead atoms. The summed E-state index contributed by atoms with van der Waals surface area (Å²) in [5.74, 6) is -1.33. The number of carbonyl (C=O) groups is 2. The Morgan fingerprint density at radius 1 is 0.727 bits per heavy atom. The summed E-state index contributed by atoms with van der Waals surface area (Å²) in [6.45, 7) is 0.